The lowest BCUT2D eigenvalue weighted by molar-refractivity contribution is 0.114. The van der Waals surface area contributed by atoms with Crippen molar-refractivity contribution < 1.29 is 4.74 Å². The van der Waals surface area contributed by atoms with E-state index in [0.29, 0.717) is 11.2 Å². The number of ether oxygens (including phenoxy) is 1. The molecule has 0 saturated carbocycles. The first-order valence-electron chi connectivity index (χ1n) is 6.32. The van der Waals surface area contributed by atoms with Crippen LogP contribution < -0.4 is 10.6 Å². The highest BCUT2D eigenvalue weighted by Gasteiger charge is 2.15. The second kappa shape index (κ2) is 5.81. The van der Waals surface area contributed by atoms with Gasteiger partial charge < -0.3 is 15.4 Å². The summed E-state index contributed by atoms with van der Waals surface area (Å²) in [6.07, 6.45) is 4.42. The van der Waals surface area contributed by atoms with Gasteiger partial charge in [0.1, 0.15) is 0 Å². The average Bonchev–Trinajstić information content (AvgIpc) is 3.07. The Hall–Kier alpha value is -1.24. The molecule has 2 N–H and O–H groups in total. The minimum Gasteiger partial charge on any atom is -0.376 e. The third kappa shape index (κ3) is 3.20. The molecule has 1 aliphatic heterocycles. The molecule has 2 heterocycles. The summed E-state index contributed by atoms with van der Waals surface area (Å²) in [5.74, 6) is 0. The summed E-state index contributed by atoms with van der Waals surface area (Å²) in [7, 11) is 0. The molecule has 1 saturated heterocycles. The molecular formula is C13H15N3OS2. The smallest absolute Gasteiger partial charge is 0.170 e. The summed E-state index contributed by atoms with van der Waals surface area (Å²) in [6, 6.07) is 6.12. The Morgan fingerprint density at radius 2 is 2.47 bits per heavy atom. The Morgan fingerprint density at radius 3 is 3.32 bits per heavy atom. The Balaban J connectivity index is 1.55. The highest BCUT2D eigenvalue weighted by molar-refractivity contribution is 7.80. The number of benzene rings is 1. The molecule has 3 rings (SSSR count). The van der Waals surface area contributed by atoms with Crippen LogP contribution in [0.2, 0.25) is 0 Å². The number of hydrogen-bond acceptors (Lipinski definition) is 4. The molecule has 2 aromatic rings. The first-order valence-corrected chi connectivity index (χ1v) is 7.50. The van der Waals surface area contributed by atoms with E-state index >= 15 is 0 Å². The number of rotatable bonds is 3. The standard InChI is InChI=1S/C13H15N3OS2/c18-13(14-8-11-2-1-5-17-11)16-10-3-4-12-9(6-10)7-15-19-12/h3-4,6-7,11H,1-2,5,8H2,(H2,14,16,18)/t11-/m1/s1. The maximum atomic E-state index is 5.54. The van der Waals surface area contributed by atoms with Gasteiger partial charge in [-0.1, -0.05) is 0 Å². The fourth-order valence-electron chi connectivity index (χ4n) is 2.14. The normalized spacial score (nSPS) is 18.6. The van der Waals surface area contributed by atoms with Crippen LogP contribution in [0.4, 0.5) is 5.69 Å². The number of nitrogens with zero attached hydrogens (tertiary/aromatic N) is 1. The molecule has 6 heteroatoms. The number of thiocarbonyl (C=S) groups is 1. The van der Waals surface area contributed by atoms with Gasteiger partial charge in [0.15, 0.2) is 5.11 Å². The first-order chi connectivity index (χ1) is 9.31. The van der Waals surface area contributed by atoms with E-state index < -0.39 is 0 Å². The van der Waals surface area contributed by atoms with Gasteiger partial charge >= 0.3 is 0 Å². The van der Waals surface area contributed by atoms with Crippen LogP contribution >= 0.6 is 23.8 Å². The average molecular weight is 293 g/mol. The van der Waals surface area contributed by atoms with E-state index in [2.05, 4.69) is 27.1 Å². The predicted molar refractivity (Wildman–Crippen MR) is 82.8 cm³/mol. The van der Waals surface area contributed by atoms with Crippen LogP contribution in [0.15, 0.2) is 24.4 Å². The SMILES string of the molecule is S=C(NC[C@H]1CCCO1)Nc1ccc2sncc2c1. The molecule has 1 aliphatic rings. The molecule has 0 bridgehead atoms. The van der Waals surface area contributed by atoms with E-state index in [9.17, 15) is 0 Å². The minimum absolute atomic E-state index is 0.295. The van der Waals surface area contributed by atoms with E-state index in [1.54, 1.807) is 0 Å². The van der Waals surface area contributed by atoms with Gasteiger partial charge in [-0.3, -0.25) is 0 Å². The minimum atomic E-state index is 0.295. The highest BCUT2D eigenvalue weighted by atomic mass is 32.1. The fourth-order valence-corrected chi connectivity index (χ4v) is 2.96. The molecule has 0 spiro atoms. The third-order valence-electron chi connectivity index (χ3n) is 3.12. The molecule has 1 atom stereocenters. The molecule has 4 nitrogen and oxygen atoms in total. The molecule has 0 aliphatic carbocycles. The number of hydrogen-bond donors (Lipinski definition) is 2. The second-order valence-electron chi connectivity index (χ2n) is 4.55. The van der Waals surface area contributed by atoms with E-state index in [1.807, 2.05) is 12.3 Å². The van der Waals surface area contributed by atoms with E-state index in [0.717, 1.165) is 37.1 Å². The van der Waals surface area contributed by atoms with Crippen LogP contribution in [0.5, 0.6) is 0 Å². The van der Waals surface area contributed by atoms with Crippen molar-refractivity contribution in [2.45, 2.75) is 18.9 Å². The van der Waals surface area contributed by atoms with Crippen LogP contribution in [0.3, 0.4) is 0 Å². The molecule has 1 aromatic carbocycles. The Bertz CT molecular complexity index is 578. The summed E-state index contributed by atoms with van der Waals surface area (Å²) in [5.41, 5.74) is 0.984. The molecule has 1 aromatic heterocycles. The van der Waals surface area contributed by atoms with Gasteiger partial charge in [-0.15, -0.1) is 0 Å². The van der Waals surface area contributed by atoms with Crippen molar-refractivity contribution in [3.8, 4) is 0 Å². The zero-order valence-electron chi connectivity index (χ0n) is 10.4. The van der Waals surface area contributed by atoms with Crippen molar-refractivity contribution in [3.63, 3.8) is 0 Å². The monoisotopic (exact) mass is 293 g/mol. The van der Waals surface area contributed by atoms with Crippen LogP contribution in [-0.4, -0.2) is 28.7 Å². The van der Waals surface area contributed by atoms with Crippen LogP contribution in [0.25, 0.3) is 10.1 Å². The van der Waals surface area contributed by atoms with E-state index in [-0.39, 0.29) is 0 Å². The summed E-state index contributed by atoms with van der Waals surface area (Å²) in [4.78, 5) is 0. The topological polar surface area (TPSA) is 46.2 Å². The Kier molecular flexibility index (Phi) is 3.91. The largest absolute Gasteiger partial charge is 0.376 e. The summed E-state index contributed by atoms with van der Waals surface area (Å²) in [6.45, 7) is 1.64. The van der Waals surface area contributed by atoms with Crippen LogP contribution in [0.1, 0.15) is 12.8 Å². The number of fused-ring (bicyclic) bond motifs is 1. The zero-order valence-corrected chi connectivity index (χ0v) is 12.0. The lowest BCUT2D eigenvalue weighted by Gasteiger charge is -2.14. The predicted octanol–water partition coefficient (Wildman–Crippen LogP) is 2.76. The Labute approximate surface area is 121 Å². The second-order valence-corrected chi connectivity index (χ2v) is 5.79. The van der Waals surface area contributed by atoms with Gasteiger partial charge in [0, 0.05) is 30.4 Å². The molecular weight excluding hydrogens is 278 g/mol. The lowest BCUT2D eigenvalue weighted by Crippen LogP contribution is -2.34. The van der Waals surface area contributed by atoms with Gasteiger partial charge in [-0.25, -0.2) is 0 Å². The van der Waals surface area contributed by atoms with Gasteiger partial charge in [-0.05, 0) is 54.8 Å². The van der Waals surface area contributed by atoms with Crippen LogP contribution in [-0.2, 0) is 4.74 Å². The molecule has 0 unspecified atom stereocenters. The number of aromatic nitrogens is 1. The highest BCUT2D eigenvalue weighted by Crippen LogP contribution is 2.21. The van der Waals surface area contributed by atoms with Crippen LogP contribution in [0, 0.1) is 0 Å². The van der Waals surface area contributed by atoms with E-state index in [1.165, 1.54) is 16.2 Å². The number of anilines is 1. The van der Waals surface area contributed by atoms with Gasteiger partial charge in [0.2, 0.25) is 0 Å². The molecule has 0 amide bonds. The van der Waals surface area contributed by atoms with Gasteiger partial charge in [0.05, 0.1) is 10.8 Å². The third-order valence-corrected chi connectivity index (χ3v) is 4.15. The molecule has 100 valence electrons. The van der Waals surface area contributed by atoms with Crippen molar-refractivity contribution in [2.24, 2.45) is 0 Å². The number of nitrogens with one attached hydrogen (secondary N) is 2. The fraction of sp³-hybridized carbons (Fsp3) is 0.385. The van der Waals surface area contributed by atoms with Crippen molar-refractivity contribution in [3.05, 3.63) is 24.4 Å². The summed E-state index contributed by atoms with van der Waals surface area (Å²) < 4.78 is 10.9. The molecule has 0 radical (unpaired) electrons. The maximum Gasteiger partial charge on any atom is 0.170 e. The van der Waals surface area contributed by atoms with Gasteiger partial charge in [0.25, 0.3) is 0 Å². The zero-order chi connectivity index (χ0) is 13.1. The quantitative estimate of drug-likeness (QED) is 0.852. The lowest BCUT2D eigenvalue weighted by atomic mass is 10.2. The van der Waals surface area contributed by atoms with Crippen molar-refractivity contribution in [2.75, 3.05) is 18.5 Å². The van der Waals surface area contributed by atoms with Crippen molar-refractivity contribution in [1.82, 2.24) is 9.69 Å². The summed E-state index contributed by atoms with van der Waals surface area (Å²) >= 11 is 6.78. The first kappa shape index (κ1) is 12.8. The van der Waals surface area contributed by atoms with Gasteiger partial charge in [-0.2, -0.15) is 4.37 Å². The van der Waals surface area contributed by atoms with Crippen molar-refractivity contribution >= 4 is 44.6 Å². The van der Waals surface area contributed by atoms with E-state index in [4.69, 9.17) is 17.0 Å². The van der Waals surface area contributed by atoms with Crippen molar-refractivity contribution in [1.29, 1.82) is 0 Å². The summed E-state index contributed by atoms with van der Waals surface area (Å²) in [5, 5.41) is 8.16. The Morgan fingerprint density at radius 1 is 1.53 bits per heavy atom. The molecule has 1 fully saturated rings. The molecule has 19 heavy (non-hydrogen) atoms. The maximum absolute atomic E-state index is 5.54.